The third-order valence-electron chi connectivity index (χ3n) is 2.82. The first kappa shape index (κ1) is 17.6. The van der Waals surface area contributed by atoms with Crippen LogP contribution in [-0.4, -0.2) is 24.6 Å². The van der Waals surface area contributed by atoms with Crippen molar-refractivity contribution in [1.29, 1.82) is 0 Å². The van der Waals surface area contributed by atoms with Crippen molar-refractivity contribution in [1.82, 2.24) is 0 Å². The monoisotopic (exact) mass is 272 g/mol. The maximum Gasteiger partial charge on any atom is 0.333 e. The minimum absolute atomic E-state index is 0.260. The van der Waals surface area contributed by atoms with Crippen LogP contribution in [0.3, 0.4) is 0 Å². The normalized spacial score (nSPS) is 10.3. The second-order valence-corrected chi connectivity index (χ2v) is 5.72. The number of rotatable bonds is 12. The molecule has 106 valence electrons. The van der Waals surface area contributed by atoms with E-state index in [0.717, 1.165) is 12.8 Å². The van der Waals surface area contributed by atoms with E-state index in [2.05, 4.69) is 12.8 Å². The molecule has 0 aliphatic carbocycles. The number of unbranched alkanes of at least 4 members (excludes halogenated alkanes) is 7. The number of hydrogen-bond donors (Lipinski definition) is 0. The maximum absolute atomic E-state index is 11.1. The minimum atomic E-state index is -0.260. The van der Waals surface area contributed by atoms with Crippen molar-refractivity contribution >= 4 is 17.7 Å². The van der Waals surface area contributed by atoms with E-state index < -0.39 is 0 Å². The Balaban J connectivity index is 3.07. The number of esters is 1. The molecule has 0 aromatic rings. The van der Waals surface area contributed by atoms with Crippen LogP contribution in [0.1, 0.15) is 58.3 Å². The highest BCUT2D eigenvalue weighted by Gasteiger charge is 2.01. The van der Waals surface area contributed by atoms with Crippen molar-refractivity contribution in [2.45, 2.75) is 58.3 Å². The fourth-order valence-corrected chi connectivity index (χ4v) is 2.19. The molecule has 2 nitrogen and oxygen atoms in total. The van der Waals surface area contributed by atoms with E-state index in [4.69, 9.17) is 4.74 Å². The van der Waals surface area contributed by atoms with Crippen LogP contribution >= 0.6 is 11.8 Å². The Morgan fingerprint density at radius 3 is 2.00 bits per heavy atom. The molecule has 0 aliphatic rings. The zero-order chi connectivity index (χ0) is 13.6. The zero-order valence-corrected chi connectivity index (χ0v) is 12.8. The largest absolute Gasteiger partial charge is 0.462 e. The van der Waals surface area contributed by atoms with Crippen LogP contribution in [0.2, 0.25) is 0 Å². The zero-order valence-electron chi connectivity index (χ0n) is 12.0. The second-order valence-electron chi connectivity index (χ2n) is 4.74. The van der Waals surface area contributed by atoms with Crippen molar-refractivity contribution in [3.63, 3.8) is 0 Å². The van der Waals surface area contributed by atoms with Gasteiger partial charge in [-0.15, -0.1) is 0 Å². The maximum atomic E-state index is 11.1. The number of carbonyl (C=O) groups is 1. The Kier molecular flexibility index (Phi) is 12.7. The van der Waals surface area contributed by atoms with Crippen LogP contribution in [0, 0.1) is 0 Å². The Morgan fingerprint density at radius 2 is 1.50 bits per heavy atom. The number of hydrogen-bond acceptors (Lipinski definition) is 3. The molecular formula is C15H28O2S. The molecule has 0 N–H and O–H groups in total. The summed E-state index contributed by atoms with van der Waals surface area (Å²) in [4.78, 5) is 11.1. The molecule has 18 heavy (non-hydrogen) atoms. The van der Waals surface area contributed by atoms with Crippen molar-refractivity contribution in [3.8, 4) is 0 Å². The van der Waals surface area contributed by atoms with Gasteiger partial charge in [-0.2, -0.15) is 11.8 Å². The average Bonchev–Trinajstić information content (AvgIpc) is 2.35. The first-order chi connectivity index (χ1) is 8.68. The number of ether oxygens (including phenoxy) is 1. The van der Waals surface area contributed by atoms with Gasteiger partial charge < -0.3 is 4.74 Å². The molecule has 0 rings (SSSR count). The van der Waals surface area contributed by atoms with E-state index >= 15 is 0 Å². The van der Waals surface area contributed by atoms with Gasteiger partial charge in [0.1, 0.15) is 0 Å². The summed E-state index contributed by atoms with van der Waals surface area (Å²) in [5.41, 5.74) is 0.486. The predicted octanol–water partition coefficient (Wildman–Crippen LogP) is 4.59. The van der Waals surface area contributed by atoms with Gasteiger partial charge in [0.15, 0.2) is 0 Å². The van der Waals surface area contributed by atoms with Crippen LogP contribution in [-0.2, 0) is 9.53 Å². The van der Waals surface area contributed by atoms with Gasteiger partial charge in [-0.3, -0.25) is 0 Å². The van der Waals surface area contributed by atoms with Crippen molar-refractivity contribution in [3.05, 3.63) is 12.2 Å². The summed E-state index contributed by atoms with van der Waals surface area (Å²) < 4.78 is 5.03. The molecule has 0 saturated carbocycles. The molecule has 0 bridgehead atoms. The van der Waals surface area contributed by atoms with E-state index in [1.807, 2.05) is 11.8 Å². The summed E-state index contributed by atoms with van der Waals surface area (Å²) in [6.07, 6.45) is 12.3. The molecule has 0 aromatic heterocycles. The first-order valence-corrected chi connectivity index (χ1v) is 8.39. The van der Waals surface area contributed by atoms with Gasteiger partial charge in [0.25, 0.3) is 0 Å². The van der Waals surface area contributed by atoms with E-state index in [9.17, 15) is 4.79 Å². The topological polar surface area (TPSA) is 26.3 Å². The highest BCUT2D eigenvalue weighted by atomic mass is 32.2. The van der Waals surface area contributed by atoms with Crippen molar-refractivity contribution in [2.24, 2.45) is 0 Å². The lowest BCUT2D eigenvalue weighted by atomic mass is 10.1. The quantitative estimate of drug-likeness (QED) is 0.295. The van der Waals surface area contributed by atoms with Gasteiger partial charge in [0, 0.05) is 5.57 Å². The van der Waals surface area contributed by atoms with E-state index in [1.54, 1.807) is 6.92 Å². The molecule has 0 fully saturated rings. The Bertz CT molecular complexity index is 227. The molecule has 0 saturated heterocycles. The van der Waals surface area contributed by atoms with E-state index in [1.165, 1.54) is 44.3 Å². The molecule has 0 heterocycles. The lowest BCUT2D eigenvalue weighted by Crippen LogP contribution is -2.05. The van der Waals surface area contributed by atoms with Crippen LogP contribution in [0.15, 0.2) is 12.2 Å². The summed E-state index contributed by atoms with van der Waals surface area (Å²) in [5.74, 6) is 1.04. The van der Waals surface area contributed by atoms with Crippen molar-refractivity contribution < 1.29 is 9.53 Å². The summed E-state index contributed by atoms with van der Waals surface area (Å²) in [6.45, 7) is 5.77. The van der Waals surface area contributed by atoms with Gasteiger partial charge in [0.05, 0.1) is 6.61 Å². The van der Waals surface area contributed by atoms with Gasteiger partial charge >= 0.3 is 5.97 Å². The van der Waals surface area contributed by atoms with E-state index in [0.29, 0.717) is 12.2 Å². The van der Waals surface area contributed by atoms with Crippen LogP contribution in [0.4, 0.5) is 0 Å². The van der Waals surface area contributed by atoms with Gasteiger partial charge in [0.2, 0.25) is 0 Å². The summed E-state index contributed by atoms with van der Waals surface area (Å²) in [5, 5.41) is 0. The number of thioether (sulfide) groups is 1. The fraction of sp³-hybridized carbons (Fsp3) is 0.800. The highest BCUT2D eigenvalue weighted by Crippen LogP contribution is 2.10. The van der Waals surface area contributed by atoms with Crippen molar-refractivity contribution in [2.75, 3.05) is 18.6 Å². The first-order valence-electron chi connectivity index (χ1n) is 7.00. The predicted molar refractivity (Wildman–Crippen MR) is 81.1 cm³/mol. The van der Waals surface area contributed by atoms with Gasteiger partial charge in [-0.1, -0.05) is 45.1 Å². The Morgan fingerprint density at radius 1 is 1.00 bits per heavy atom. The fourth-order valence-electron chi connectivity index (χ4n) is 1.70. The molecule has 0 unspecified atom stereocenters. The van der Waals surface area contributed by atoms with Gasteiger partial charge in [-0.25, -0.2) is 4.79 Å². The smallest absolute Gasteiger partial charge is 0.333 e. The van der Waals surface area contributed by atoms with Crippen LogP contribution in [0.25, 0.3) is 0 Å². The van der Waals surface area contributed by atoms with Crippen LogP contribution < -0.4 is 0 Å². The SMILES string of the molecule is C=C(C)C(=O)OCCCCCCCCCCSC. The Hall–Kier alpha value is -0.440. The lowest BCUT2D eigenvalue weighted by molar-refractivity contribution is -0.139. The van der Waals surface area contributed by atoms with E-state index in [-0.39, 0.29) is 5.97 Å². The molecule has 0 aliphatic heterocycles. The minimum Gasteiger partial charge on any atom is -0.462 e. The van der Waals surface area contributed by atoms with Gasteiger partial charge in [-0.05, 0) is 31.8 Å². The molecule has 0 aromatic carbocycles. The molecule has 3 heteroatoms. The molecule has 0 amide bonds. The third kappa shape index (κ3) is 12.0. The molecular weight excluding hydrogens is 244 g/mol. The number of carbonyl (C=O) groups excluding carboxylic acids is 1. The average molecular weight is 272 g/mol. The standard InChI is InChI=1S/C15H28O2S/c1-14(2)15(16)17-12-10-8-6-4-5-7-9-11-13-18-3/h1,4-13H2,2-3H3. The molecule has 0 atom stereocenters. The lowest BCUT2D eigenvalue weighted by Gasteiger charge is -2.04. The second kappa shape index (κ2) is 13.0. The third-order valence-corrected chi connectivity index (χ3v) is 3.52. The Labute approximate surface area is 117 Å². The summed E-state index contributed by atoms with van der Waals surface area (Å²) in [6, 6.07) is 0. The van der Waals surface area contributed by atoms with Crippen LogP contribution in [0.5, 0.6) is 0 Å². The summed E-state index contributed by atoms with van der Waals surface area (Å²) in [7, 11) is 0. The summed E-state index contributed by atoms with van der Waals surface area (Å²) >= 11 is 1.94. The highest BCUT2D eigenvalue weighted by molar-refractivity contribution is 7.98. The molecule has 0 spiro atoms. The molecule has 0 radical (unpaired) electrons.